The highest BCUT2D eigenvalue weighted by molar-refractivity contribution is 6.19. The molecule has 5 nitrogen and oxygen atoms in total. The summed E-state index contributed by atoms with van der Waals surface area (Å²) in [5.74, 6) is 2.99. The van der Waals surface area contributed by atoms with Gasteiger partial charge in [-0.3, -0.25) is 4.98 Å². The van der Waals surface area contributed by atoms with Crippen molar-refractivity contribution in [2.75, 3.05) is 19.8 Å². The van der Waals surface area contributed by atoms with Crippen molar-refractivity contribution in [3.63, 3.8) is 0 Å². The van der Waals surface area contributed by atoms with Crippen LogP contribution in [0.3, 0.4) is 0 Å². The topological polar surface area (TPSA) is 52.0 Å². The second-order valence-electron chi connectivity index (χ2n) is 9.65. The number of fused-ring (bicyclic) bond motifs is 2. The molecule has 1 N–H and O–H groups in total. The minimum absolute atomic E-state index is 0.620. The lowest BCUT2D eigenvalue weighted by atomic mass is 9.81. The van der Waals surface area contributed by atoms with E-state index in [-0.39, 0.29) is 0 Å². The number of nitrogens with one attached hydrogen (secondary N) is 1. The number of aromatic nitrogens is 3. The summed E-state index contributed by atoms with van der Waals surface area (Å²) >= 11 is 6.43. The molecule has 0 spiro atoms. The predicted molar refractivity (Wildman–Crippen MR) is 123 cm³/mol. The summed E-state index contributed by atoms with van der Waals surface area (Å²) in [5, 5.41) is 9.64. The van der Waals surface area contributed by atoms with Gasteiger partial charge in [-0.1, -0.05) is 6.07 Å². The van der Waals surface area contributed by atoms with Gasteiger partial charge in [0.1, 0.15) is 5.69 Å². The molecule has 1 saturated carbocycles. The minimum Gasteiger partial charge on any atom is -0.381 e. The van der Waals surface area contributed by atoms with Crippen LogP contribution in [0.25, 0.3) is 22.2 Å². The Morgan fingerprint density at radius 3 is 2.81 bits per heavy atom. The summed E-state index contributed by atoms with van der Waals surface area (Å²) in [6, 6.07) is 11.5. The van der Waals surface area contributed by atoms with Crippen molar-refractivity contribution < 1.29 is 4.74 Å². The van der Waals surface area contributed by atoms with E-state index in [0.717, 1.165) is 58.8 Å². The highest BCUT2D eigenvalue weighted by atomic mass is 35.5. The standard InChI is InChI=1S/C25H29ClN4O/c1-15-10-18(4-7-27-15)25-22-12-17(2-3-23(22)30(26)29-25)19-11-20-14-28-24(21(20)13-19)16-5-8-31-9-6-16/h2-4,7,10,12,16,19-21,24,28H,5-6,8-9,11,13-14H2,1H3/t19-,20+,21-,24-/m0/s1. The highest BCUT2D eigenvalue weighted by Gasteiger charge is 2.46. The third kappa shape index (κ3) is 3.47. The molecule has 0 unspecified atom stereocenters. The van der Waals surface area contributed by atoms with Crippen LogP contribution in [-0.2, 0) is 4.74 Å². The monoisotopic (exact) mass is 436 g/mol. The summed E-state index contributed by atoms with van der Waals surface area (Å²) in [7, 11) is 0. The van der Waals surface area contributed by atoms with E-state index in [2.05, 4.69) is 39.7 Å². The molecule has 6 rings (SSSR count). The summed E-state index contributed by atoms with van der Waals surface area (Å²) in [6.45, 7) is 5.04. The van der Waals surface area contributed by atoms with Gasteiger partial charge in [-0.15, -0.1) is 0 Å². The molecule has 4 heterocycles. The molecule has 0 radical (unpaired) electrons. The number of rotatable bonds is 3. The van der Waals surface area contributed by atoms with Crippen LogP contribution in [0.1, 0.15) is 42.9 Å². The fourth-order valence-electron chi connectivity index (χ4n) is 6.39. The average molecular weight is 437 g/mol. The largest absolute Gasteiger partial charge is 0.381 e. The molecule has 3 fully saturated rings. The first kappa shape index (κ1) is 19.7. The molecule has 4 atom stereocenters. The number of hydrogen-bond acceptors (Lipinski definition) is 4. The predicted octanol–water partition coefficient (Wildman–Crippen LogP) is 4.92. The molecule has 0 amide bonds. The number of benzene rings is 1. The Morgan fingerprint density at radius 2 is 1.97 bits per heavy atom. The molecule has 3 aliphatic rings. The van der Waals surface area contributed by atoms with Gasteiger partial charge in [-0.25, -0.2) is 0 Å². The Morgan fingerprint density at radius 1 is 1.10 bits per heavy atom. The Balaban J connectivity index is 1.30. The van der Waals surface area contributed by atoms with Crippen LogP contribution in [0.2, 0.25) is 0 Å². The quantitative estimate of drug-likeness (QED) is 0.633. The number of nitrogens with zero attached hydrogens (tertiary/aromatic N) is 3. The molecule has 162 valence electrons. The van der Waals surface area contributed by atoms with Crippen LogP contribution in [0.5, 0.6) is 0 Å². The van der Waals surface area contributed by atoms with E-state index >= 15 is 0 Å². The fourth-order valence-corrected chi connectivity index (χ4v) is 6.62. The fraction of sp³-hybridized carbons (Fsp3) is 0.520. The molecule has 2 aliphatic heterocycles. The van der Waals surface area contributed by atoms with Gasteiger partial charge in [0.25, 0.3) is 0 Å². The third-order valence-corrected chi connectivity index (χ3v) is 8.16. The van der Waals surface area contributed by atoms with Crippen molar-refractivity contribution in [1.29, 1.82) is 0 Å². The van der Waals surface area contributed by atoms with Gasteiger partial charge in [-0.2, -0.15) is 9.30 Å². The van der Waals surface area contributed by atoms with Crippen molar-refractivity contribution in [1.82, 2.24) is 19.6 Å². The Hall–Kier alpha value is -1.95. The second-order valence-corrected chi connectivity index (χ2v) is 9.97. The Bertz CT molecular complexity index is 1110. The van der Waals surface area contributed by atoms with E-state index in [9.17, 15) is 0 Å². The molecular formula is C25H29ClN4O. The van der Waals surface area contributed by atoms with Crippen molar-refractivity contribution >= 4 is 22.7 Å². The highest BCUT2D eigenvalue weighted by Crippen LogP contribution is 2.49. The average Bonchev–Trinajstić information content (AvgIpc) is 3.47. The van der Waals surface area contributed by atoms with Gasteiger partial charge in [-0.05, 0) is 92.7 Å². The molecule has 2 saturated heterocycles. The van der Waals surface area contributed by atoms with Gasteiger partial charge in [0.2, 0.25) is 0 Å². The Kier molecular flexibility index (Phi) is 5.01. The molecular weight excluding hydrogens is 408 g/mol. The van der Waals surface area contributed by atoms with Gasteiger partial charge in [0.05, 0.1) is 5.52 Å². The maximum Gasteiger partial charge on any atom is 0.102 e. The van der Waals surface area contributed by atoms with E-state index in [1.165, 1.54) is 42.0 Å². The van der Waals surface area contributed by atoms with E-state index in [1.807, 2.05) is 19.2 Å². The first-order valence-corrected chi connectivity index (χ1v) is 11.9. The molecule has 1 aliphatic carbocycles. The Labute approximate surface area is 188 Å². The maximum absolute atomic E-state index is 6.43. The summed E-state index contributed by atoms with van der Waals surface area (Å²) < 4.78 is 7.09. The summed E-state index contributed by atoms with van der Waals surface area (Å²) in [4.78, 5) is 4.33. The lowest BCUT2D eigenvalue weighted by Crippen LogP contribution is -2.38. The second kappa shape index (κ2) is 7.88. The normalized spacial score (nSPS) is 29.0. The van der Waals surface area contributed by atoms with Crippen LogP contribution in [0.15, 0.2) is 36.5 Å². The number of aryl methyl sites for hydroxylation is 1. The van der Waals surface area contributed by atoms with Gasteiger partial charge in [0.15, 0.2) is 0 Å². The lowest BCUT2D eigenvalue weighted by molar-refractivity contribution is 0.0496. The first-order chi connectivity index (χ1) is 15.2. The number of hydrogen-bond donors (Lipinski definition) is 1. The number of ether oxygens (including phenoxy) is 1. The van der Waals surface area contributed by atoms with Crippen molar-refractivity contribution in [2.45, 2.75) is 44.6 Å². The van der Waals surface area contributed by atoms with E-state index < -0.39 is 0 Å². The lowest BCUT2D eigenvalue weighted by Gasteiger charge is -2.31. The van der Waals surface area contributed by atoms with Crippen molar-refractivity contribution in [3.05, 3.63) is 47.8 Å². The van der Waals surface area contributed by atoms with Gasteiger partial charge in [0, 0.05) is 53.9 Å². The zero-order valence-electron chi connectivity index (χ0n) is 17.9. The zero-order chi connectivity index (χ0) is 20.9. The summed E-state index contributed by atoms with van der Waals surface area (Å²) in [5.41, 5.74) is 5.40. The first-order valence-electron chi connectivity index (χ1n) is 11.6. The van der Waals surface area contributed by atoms with E-state index in [1.54, 1.807) is 0 Å². The number of pyridine rings is 1. The van der Waals surface area contributed by atoms with Crippen molar-refractivity contribution in [3.8, 4) is 11.3 Å². The SMILES string of the molecule is Cc1cc(-c2nn(Cl)c3ccc([C@H]4C[C@@H]5CN[C@@H](C6CCOCC6)[C@H]5C4)cc23)ccn1. The molecule has 31 heavy (non-hydrogen) atoms. The smallest absolute Gasteiger partial charge is 0.102 e. The van der Waals surface area contributed by atoms with E-state index in [4.69, 9.17) is 16.5 Å². The maximum atomic E-state index is 6.43. The molecule has 2 aromatic heterocycles. The minimum atomic E-state index is 0.620. The van der Waals surface area contributed by atoms with Crippen LogP contribution < -0.4 is 5.32 Å². The zero-order valence-corrected chi connectivity index (χ0v) is 18.7. The molecule has 1 aromatic carbocycles. The van der Waals surface area contributed by atoms with Crippen LogP contribution in [0.4, 0.5) is 0 Å². The van der Waals surface area contributed by atoms with Crippen molar-refractivity contribution in [2.24, 2.45) is 17.8 Å². The van der Waals surface area contributed by atoms with Crippen LogP contribution in [0, 0.1) is 24.7 Å². The number of halogens is 1. The molecule has 0 bridgehead atoms. The van der Waals surface area contributed by atoms with Crippen LogP contribution in [-0.4, -0.2) is 40.1 Å². The summed E-state index contributed by atoms with van der Waals surface area (Å²) in [6.07, 6.45) is 6.82. The van der Waals surface area contributed by atoms with E-state index in [0.29, 0.717) is 12.0 Å². The van der Waals surface area contributed by atoms with Crippen LogP contribution >= 0.6 is 11.8 Å². The molecule has 3 aromatic rings. The third-order valence-electron chi connectivity index (χ3n) is 7.90. The molecule has 6 heteroatoms. The van der Waals surface area contributed by atoms with Gasteiger partial charge < -0.3 is 10.1 Å². The van der Waals surface area contributed by atoms with Gasteiger partial charge >= 0.3 is 0 Å².